The highest BCUT2D eigenvalue weighted by atomic mass is 16.5. The molecule has 0 bridgehead atoms. The van der Waals surface area contributed by atoms with E-state index in [1.165, 1.54) is 0 Å². The number of amides is 1. The highest BCUT2D eigenvalue weighted by Crippen LogP contribution is 2.31. The van der Waals surface area contributed by atoms with Gasteiger partial charge in [0.1, 0.15) is 5.82 Å². The van der Waals surface area contributed by atoms with Crippen molar-refractivity contribution in [3.8, 4) is 5.69 Å². The molecule has 0 radical (unpaired) electrons. The molecule has 1 aliphatic rings. The molecule has 0 saturated carbocycles. The molecule has 1 unspecified atom stereocenters. The van der Waals surface area contributed by atoms with E-state index in [1.807, 2.05) is 41.3 Å². The fourth-order valence-corrected chi connectivity index (χ4v) is 5.20. The Morgan fingerprint density at radius 3 is 2.24 bits per heavy atom. The van der Waals surface area contributed by atoms with Crippen LogP contribution in [0.1, 0.15) is 43.0 Å². The van der Waals surface area contributed by atoms with Crippen molar-refractivity contribution in [3.05, 3.63) is 77.5 Å². The number of anilines is 1. The summed E-state index contributed by atoms with van der Waals surface area (Å²) in [6.45, 7) is 12.9. The number of ether oxygens (including phenoxy) is 1. The minimum atomic E-state index is -0.181. The van der Waals surface area contributed by atoms with Crippen molar-refractivity contribution in [1.29, 1.82) is 0 Å². The number of carbonyl (C=O) groups excluding carboxylic acids is 1. The number of rotatable bonds is 11. The van der Waals surface area contributed by atoms with Crippen molar-refractivity contribution in [2.45, 2.75) is 39.7 Å². The summed E-state index contributed by atoms with van der Waals surface area (Å²) in [6, 6.07) is 20.4. The summed E-state index contributed by atoms with van der Waals surface area (Å²) in [5.74, 6) is 1.06. The van der Waals surface area contributed by atoms with Crippen LogP contribution in [0.15, 0.2) is 60.7 Å². The van der Waals surface area contributed by atoms with E-state index >= 15 is 0 Å². The summed E-state index contributed by atoms with van der Waals surface area (Å²) in [7, 11) is 1.69. The molecule has 2 heterocycles. The van der Waals surface area contributed by atoms with Crippen molar-refractivity contribution in [2.75, 3.05) is 57.9 Å². The lowest BCUT2D eigenvalue weighted by Gasteiger charge is -2.36. The predicted molar refractivity (Wildman–Crippen MR) is 149 cm³/mol. The first kappa shape index (κ1) is 26.9. The third-order valence-corrected chi connectivity index (χ3v) is 7.41. The van der Waals surface area contributed by atoms with Crippen LogP contribution in [0.2, 0.25) is 0 Å². The molecule has 1 atom stereocenters. The van der Waals surface area contributed by atoms with Crippen molar-refractivity contribution >= 4 is 11.7 Å². The van der Waals surface area contributed by atoms with Crippen molar-refractivity contribution < 1.29 is 9.53 Å². The minimum Gasteiger partial charge on any atom is -0.383 e. The average molecular weight is 504 g/mol. The number of aryl methyl sites for hydroxylation is 1. The smallest absolute Gasteiger partial charge is 0.230 e. The first-order valence-corrected chi connectivity index (χ1v) is 13.5. The SMILES string of the molecule is CCC(C(=O)N(CCOC)Cc1c(C)nn(-c2ccccc2)c1N1CCN(CC)CC1)c1ccccc1. The van der Waals surface area contributed by atoms with Crippen LogP contribution in [0.5, 0.6) is 0 Å². The van der Waals surface area contributed by atoms with Crippen LogP contribution in [0.25, 0.3) is 5.69 Å². The highest BCUT2D eigenvalue weighted by molar-refractivity contribution is 5.84. The summed E-state index contributed by atoms with van der Waals surface area (Å²) < 4.78 is 7.49. The molecule has 1 amide bonds. The van der Waals surface area contributed by atoms with E-state index in [-0.39, 0.29) is 11.8 Å². The number of hydrogen-bond acceptors (Lipinski definition) is 5. The summed E-state index contributed by atoms with van der Waals surface area (Å²) in [5.41, 5.74) is 4.17. The Balaban J connectivity index is 1.71. The fraction of sp³-hybridized carbons (Fsp3) is 0.467. The van der Waals surface area contributed by atoms with Gasteiger partial charge >= 0.3 is 0 Å². The average Bonchev–Trinajstić information content (AvgIpc) is 3.28. The normalized spacial score (nSPS) is 15.1. The van der Waals surface area contributed by atoms with Crippen LogP contribution in [0.3, 0.4) is 0 Å². The van der Waals surface area contributed by atoms with E-state index in [0.717, 1.165) is 67.5 Å². The monoisotopic (exact) mass is 503 g/mol. The molecule has 1 fully saturated rings. The maximum atomic E-state index is 14.0. The van der Waals surface area contributed by atoms with E-state index in [9.17, 15) is 4.79 Å². The number of benzene rings is 2. The second kappa shape index (κ2) is 12.9. The van der Waals surface area contributed by atoms with E-state index in [4.69, 9.17) is 9.84 Å². The van der Waals surface area contributed by atoms with Crippen LogP contribution in [-0.2, 0) is 16.1 Å². The summed E-state index contributed by atoms with van der Waals surface area (Å²) >= 11 is 0. The number of aromatic nitrogens is 2. The Hall–Kier alpha value is -3.16. The summed E-state index contributed by atoms with van der Waals surface area (Å²) in [4.78, 5) is 20.9. The number of piperazine rings is 1. The lowest BCUT2D eigenvalue weighted by Crippen LogP contribution is -2.47. The third kappa shape index (κ3) is 6.22. The number of para-hydroxylation sites is 1. The van der Waals surface area contributed by atoms with Crippen LogP contribution in [0.4, 0.5) is 5.82 Å². The van der Waals surface area contributed by atoms with E-state index < -0.39 is 0 Å². The van der Waals surface area contributed by atoms with Crippen molar-refractivity contribution in [1.82, 2.24) is 19.6 Å². The lowest BCUT2D eigenvalue weighted by atomic mass is 9.94. The molecule has 7 nitrogen and oxygen atoms in total. The zero-order valence-electron chi connectivity index (χ0n) is 22.8. The van der Waals surface area contributed by atoms with Gasteiger partial charge < -0.3 is 19.4 Å². The van der Waals surface area contributed by atoms with Gasteiger partial charge in [0, 0.05) is 45.4 Å². The number of hydrogen-bond donors (Lipinski definition) is 0. The van der Waals surface area contributed by atoms with Gasteiger partial charge in [-0.3, -0.25) is 4.79 Å². The van der Waals surface area contributed by atoms with Crippen molar-refractivity contribution in [2.24, 2.45) is 0 Å². The largest absolute Gasteiger partial charge is 0.383 e. The lowest BCUT2D eigenvalue weighted by molar-refractivity contribution is -0.134. The molecule has 0 aliphatic carbocycles. The second-order valence-corrected chi connectivity index (χ2v) is 9.68. The molecule has 1 aromatic heterocycles. The Bertz CT molecular complexity index is 1120. The predicted octanol–water partition coefficient (Wildman–Crippen LogP) is 4.49. The molecule has 2 aromatic carbocycles. The third-order valence-electron chi connectivity index (χ3n) is 7.41. The zero-order valence-corrected chi connectivity index (χ0v) is 22.8. The maximum Gasteiger partial charge on any atom is 0.230 e. The number of likely N-dealkylation sites (N-methyl/N-ethyl adjacent to an activating group) is 1. The van der Waals surface area contributed by atoms with Gasteiger partial charge in [0.15, 0.2) is 0 Å². The molecular weight excluding hydrogens is 462 g/mol. The van der Waals surface area contributed by atoms with Gasteiger partial charge in [-0.25, -0.2) is 4.68 Å². The van der Waals surface area contributed by atoms with Crippen LogP contribution in [0, 0.1) is 6.92 Å². The zero-order chi connectivity index (χ0) is 26.2. The molecule has 0 N–H and O–H groups in total. The van der Waals surface area contributed by atoms with Gasteiger partial charge in [0.05, 0.1) is 30.5 Å². The minimum absolute atomic E-state index is 0.138. The molecule has 7 heteroatoms. The Morgan fingerprint density at radius 1 is 1.00 bits per heavy atom. The first-order valence-electron chi connectivity index (χ1n) is 13.5. The Morgan fingerprint density at radius 2 is 1.65 bits per heavy atom. The second-order valence-electron chi connectivity index (χ2n) is 9.68. The topological polar surface area (TPSA) is 53.8 Å². The molecule has 3 aromatic rings. The van der Waals surface area contributed by atoms with E-state index in [0.29, 0.717) is 19.7 Å². The number of carbonyl (C=O) groups is 1. The quantitative estimate of drug-likeness (QED) is 0.386. The molecule has 198 valence electrons. The molecule has 1 saturated heterocycles. The van der Waals surface area contributed by atoms with Gasteiger partial charge in [0.25, 0.3) is 0 Å². The summed E-state index contributed by atoms with van der Waals surface area (Å²) in [5, 5.41) is 5.00. The Kier molecular flexibility index (Phi) is 9.36. The van der Waals surface area contributed by atoms with Crippen LogP contribution >= 0.6 is 0 Å². The highest BCUT2D eigenvalue weighted by Gasteiger charge is 2.30. The van der Waals surface area contributed by atoms with E-state index in [1.54, 1.807) is 7.11 Å². The first-order chi connectivity index (χ1) is 18.1. The number of methoxy groups -OCH3 is 1. The van der Waals surface area contributed by atoms with Gasteiger partial charge in [-0.2, -0.15) is 5.10 Å². The van der Waals surface area contributed by atoms with Gasteiger partial charge in [0.2, 0.25) is 5.91 Å². The van der Waals surface area contributed by atoms with Crippen LogP contribution < -0.4 is 4.90 Å². The molecular formula is C30H41N5O2. The fourth-order valence-electron chi connectivity index (χ4n) is 5.20. The standard InChI is InChI=1S/C30H41N5O2/c1-5-27(25-13-9-7-10-14-25)30(36)34(21-22-37-4)23-28-24(3)31-35(26-15-11-8-12-16-26)29(28)33-19-17-32(6-2)18-20-33/h7-16,27H,5-6,17-23H2,1-4H3. The van der Waals surface area contributed by atoms with Gasteiger partial charge in [-0.05, 0) is 37.6 Å². The molecule has 4 rings (SSSR count). The van der Waals surface area contributed by atoms with Crippen LogP contribution in [-0.4, -0.2) is 78.5 Å². The molecule has 1 aliphatic heterocycles. The van der Waals surface area contributed by atoms with Crippen molar-refractivity contribution in [3.63, 3.8) is 0 Å². The van der Waals surface area contributed by atoms with Gasteiger partial charge in [-0.15, -0.1) is 0 Å². The maximum absolute atomic E-state index is 14.0. The Labute approximate surface area is 221 Å². The molecule has 37 heavy (non-hydrogen) atoms. The summed E-state index contributed by atoms with van der Waals surface area (Å²) in [6.07, 6.45) is 0.750. The van der Waals surface area contributed by atoms with Gasteiger partial charge in [-0.1, -0.05) is 62.4 Å². The molecule has 0 spiro atoms. The van der Waals surface area contributed by atoms with E-state index in [2.05, 4.69) is 59.5 Å². The number of nitrogens with zero attached hydrogens (tertiary/aromatic N) is 5.